The molecule has 0 atom stereocenters. The summed E-state index contributed by atoms with van der Waals surface area (Å²) in [6.45, 7) is 3.56. The number of carbonyl (C=O) groups is 1. The Labute approximate surface area is 103 Å². The van der Waals surface area contributed by atoms with Crippen LogP contribution in [0.15, 0.2) is 18.2 Å². The number of fused-ring (bicyclic) bond motifs is 1. The predicted molar refractivity (Wildman–Crippen MR) is 69.3 cm³/mol. The number of aromatic nitrogens is 1. The van der Waals surface area contributed by atoms with E-state index >= 15 is 0 Å². The summed E-state index contributed by atoms with van der Waals surface area (Å²) in [7, 11) is 0. The van der Waals surface area contributed by atoms with E-state index in [1.54, 1.807) is 11.3 Å². The summed E-state index contributed by atoms with van der Waals surface area (Å²) in [5.41, 5.74) is 1.86. The molecule has 88 valence electrons. The lowest BCUT2D eigenvalue weighted by molar-refractivity contribution is -0.121. The lowest BCUT2D eigenvalue weighted by Crippen LogP contribution is -2.48. The molecule has 3 rings (SSSR count). The van der Waals surface area contributed by atoms with Crippen molar-refractivity contribution >= 4 is 33.1 Å². The quantitative estimate of drug-likeness (QED) is 0.850. The highest BCUT2D eigenvalue weighted by molar-refractivity contribution is 7.18. The smallest absolute Gasteiger partial charge is 0.230 e. The molecule has 1 aliphatic rings. The van der Waals surface area contributed by atoms with Crippen LogP contribution in [-0.4, -0.2) is 24.0 Å². The molecular weight excluding hydrogens is 234 g/mol. The number of benzene rings is 1. The third kappa shape index (κ3) is 2.03. The number of nitrogens with one attached hydrogen (secondary N) is 2. The fraction of sp³-hybridized carbons (Fsp3) is 0.333. The van der Waals surface area contributed by atoms with Crippen LogP contribution in [0, 0.1) is 12.8 Å². The zero-order chi connectivity index (χ0) is 11.8. The second-order valence-electron chi connectivity index (χ2n) is 4.26. The summed E-state index contributed by atoms with van der Waals surface area (Å²) in [4.78, 5) is 16.2. The number of thiazole rings is 1. The van der Waals surface area contributed by atoms with Gasteiger partial charge in [-0.05, 0) is 25.1 Å². The van der Waals surface area contributed by atoms with Gasteiger partial charge in [0.15, 0.2) is 0 Å². The Hall–Kier alpha value is -1.46. The molecule has 0 bridgehead atoms. The van der Waals surface area contributed by atoms with E-state index < -0.39 is 0 Å². The summed E-state index contributed by atoms with van der Waals surface area (Å²) < 4.78 is 1.12. The maximum atomic E-state index is 11.8. The van der Waals surface area contributed by atoms with E-state index in [4.69, 9.17) is 0 Å². The molecule has 0 saturated carbocycles. The van der Waals surface area contributed by atoms with Crippen LogP contribution in [0.5, 0.6) is 0 Å². The predicted octanol–water partition coefficient (Wildman–Crippen LogP) is 1.76. The van der Waals surface area contributed by atoms with Gasteiger partial charge in [-0.15, -0.1) is 11.3 Å². The molecule has 0 unspecified atom stereocenters. The van der Waals surface area contributed by atoms with Crippen molar-refractivity contribution < 1.29 is 4.79 Å². The Kier molecular flexibility index (Phi) is 2.57. The zero-order valence-electron chi connectivity index (χ0n) is 9.49. The second-order valence-corrected chi connectivity index (χ2v) is 5.49. The average Bonchev–Trinajstić information content (AvgIpc) is 2.54. The van der Waals surface area contributed by atoms with E-state index in [0.717, 1.165) is 34.0 Å². The van der Waals surface area contributed by atoms with E-state index in [2.05, 4.69) is 15.6 Å². The van der Waals surface area contributed by atoms with Crippen LogP contribution < -0.4 is 10.6 Å². The van der Waals surface area contributed by atoms with Crippen molar-refractivity contribution in [1.82, 2.24) is 10.3 Å². The molecule has 1 saturated heterocycles. The fourth-order valence-electron chi connectivity index (χ4n) is 1.84. The summed E-state index contributed by atoms with van der Waals surface area (Å²) in [5.74, 6) is 0.221. The number of hydrogen-bond donors (Lipinski definition) is 2. The molecular formula is C12H13N3OS. The van der Waals surface area contributed by atoms with Gasteiger partial charge in [-0.2, -0.15) is 0 Å². The van der Waals surface area contributed by atoms with Crippen molar-refractivity contribution in [2.75, 3.05) is 18.4 Å². The fourth-order valence-corrected chi connectivity index (χ4v) is 2.70. The molecule has 17 heavy (non-hydrogen) atoms. The summed E-state index contributed by atoms with van der Waals surface area (Å²) in [5, 5.41) is 7.09. The summed E-state index contributed by atoms with van der Waals surface area (Å²) in [6.07, 6.45) is 0. The number of hydrogen-bond acceptors (Lipinski definition) is 4. The van der Waals surface area contributed by atoms with E-state index in [-0.39, 0.29) is 11.8 Å². The molecule has 2 heterocycles. The number of rotatable bonds is 2. The van der Waals surface area contributed by atoms with Gasteiger partial charge in [0, 0.05) is 18.8 Å². The van der Waals surface area contributed by atoms with Gasteiger partial charge < -0.3 is 10.6 Å². The Bertz CT molecular complexity index is 574. The summed E-state index contributed by atoms with van der Waals surface area (Å²) >= 11 is 1.65. The molecule has 2 N–H and O–H groups in total. The largest absolute Gasteiger partial charge is 0.326 e. The zero-order valence-corrected chi connectivity index (χ0v) is 10.3. The highest BCUT2D eigenvalue weighted by Crippen LogP contribution is 2.25. The number of carbonyl (C=O) groups excluding carboxylic acids is 1. The monoisotopic (exact) mass is 247 g/mol. The van der Waals surface area contributed by atoms with Gasteiger partial charge in [0.05, 0.1) is 21.1 Å². The minimum absolute atomic E-state index is 0.101. The third-order valence-electron chi connectivity index (χ3n) is 2.92. The first-order chi connectivity index (χ1) is 8.22. The molecule has 1 aromatic carbocycles. The van der Waals surface area contributed by atoms with Gasteiger partial charge in [-0.3, -0.25) is 4.79 Å². The van der Waals surface area contributed by atoms with E-state index in [0.29, 0.717) is 0 Å². The number of anilines is 1. The molecule has 0 spiro atoms. The first kappa shape index (κ1) is 10.7. The van der Waals surface area contributed by atoms with Gasteiger partial charge >= 0.3 is 0 Å². The molecule has 1 aliphatic heterocycles. The molecule has 5 heteroatoms. The number of amides is 1. The van der Waals surface area contributed by atoms with Crippen molar-refractivity contribution in [2.24, 2.45) is 5.92 Å². The van der Waals surface area contributed by atoms with Crippen LogP contribution in [0.3, 0.4) is 0 Å². The lowest BCUT2D eigenvalue weighted by atomic mass is 10.0. The standard InChI is InChI=1S/C12H13N3OS/c1-7-14-10-3-2-9(4-11(10)17-7)15-12(16)8-5-13-6-8/h2-4,8,13H,5-6H2,1H3,(H,15,16). The SMILES string of the molecule is Cc1nc2ccc(NC(=O)C3CNC3)cc2s1. The topological polar surface area (TPSA) is 54.0 Å². The van der Waals surface area contributed by atoms with Gasteiger partial charge in [-0.25, -0.2) is 4.98 Å². The average molecular weight is 247 g/mol. The first-order valence-corrected chi connectivity index (χ1v) is 6.43. The lowest BCUT2D eigenvalue weighted by Gasteiger charge is -2.25. The minimum Gasteiger partial charge on any atom is -0.326 e. The first-order valence-electron chi connectivity index (χ1n) is 5.61. The Morgan fingerprint density at radius 2 is 2.35 bits per heavy atom. The molecule has 2 aromatic rings. The molecule has 0 radical (unpaired) electrons. The third-order valence-corrected chi connectivity index (χ3v) is 3.85. The Morgan fingerprint density at radius 1 is 1.53 bits per heavy atom. The van der Waals surface area contributed by atoms with Crippen LogP contribution in [0.4, 0.5) is 5.69 Å². The second kappa shape index (κ2) is 4.09. The van der Waals surface area contributed by atoms with E-state index in [1.165, 1.54) is 0 Å². The van der Waals surface area contributed by atoms with Gasteiger partial charge in [0.1, 0.15) is 0 Å². The highest BCUT2D eigenvalue weighted by Gasteiger charge is 2.24. The highest BCUT2D eigenvalue weighted by atomic mass is 32.1. The van der Waals surface area contributed by atoms with Gasteiger partial charge in [0.25, 0.3) is 0 Å². The van der Waals surface area contributed by atoms with E-state index in [1.807, 2.05) is 25.1 Å². The van der Waals surface area contributed by atoms with Crippen LogP contribution in [0.25, 0.3) is 10.2 Å². The molecule has 4 nitrogen and oxygen atoms in total. The van der Waals surface area contributed by atoms with E-state index in [9.17, 15) is 4.79 Å². The number of aryl methyl sites for hydroxylation is 1. The van der Waals surface area contributed by atoms with Crippen molar-refractivity contribution in [3.63, 3.8) is 0 Å². The number of nitrogens with zero attached hydrogens (tertiary/aromatic N) is 1. The van der Waals surface area contributed by atoms with Crippen LogP contribution in [0.2, 0.25) is 0 Å². The van der Waals surface area contributed by atoms with Crippen molar-refractivity contribution in [1.29, 1.82) is 0 Å². The minimum atomic E-state index is 0.101. The van der Waals surface area contributed by atoms with Crippen molar-refractivity contribution in [2.45, 2.75) is 6.92 Å². The van der Waals surface area contributed by atoms with Crippen molar-refractivity contribution in [3.8, 4) is 0 Å². The van der Waals surface area contributed by atoms with Gasteiger partial charge in [0.2, 0.25) is 5.91 Å². The van der Waals surface area contributed by atoms with Crippen LogP contribution in [0.1, 0.15) is 5.01 Å². The Balaban J connectivity index is 1.82. The molecule has 1 fully saturated rings. The molecule has 0 aliphatic carbocycles. The maximum absolute atomic E-state index is 11.8. The van der Waals surface area contributed by atoms with Crippen LogP contribution >= 0.6 is 11.3 Å². The maximum Gasteiger partial charge on any atom is 0.230 e. The normalized spacial score (nSPS) is 15.8. The van der Waals surface area contributed by atoms with Crippen molar-refractivity contribution in [3.05, 3.63) is 23.2 Å². The Morgan fingerprint density at radius 3 is 3.06 bits per heavy atom. The van der Waals surface area contributed by atoms with Gasteiger partial charge in [-0.1, -0.05) is 0 Å². The molecule has 1 aromatic heterocycles. The van der Waals surface area contributed by atoms with Crippen LogP contribution in [-0.2, 0) is 4.79 Å². The molecule has 1 amide bonds. The summed E-state index contributed by atoms with van der Waals surface area (Å²) in [6, 6.07) is 5.85.